The maximum absolute atomic E-state index is 12.5. The molecule has 0 spiro atoms. The Hall–Kier alpha value is -3.19. The van der Waals surface area contributed by atoms with Crippen LogP contribution in [0.25, 0.3) is 21.0 Å². The van der Waals surface area contributed by atoms with E-state index in [1.54, 1.807) is 12.1 Å². The van der Waals surface area contributed by atoms with E-state index >= 15 is 0 Å². The number of non-ortho nitro benzene ring substituents is 1. The average molecular weight is 351 g/mol. The van der Waals surface area contributed by atoms with Crippen molar-refractivity contribution in [3.63, 3.8) is 0 Å². The fourth-order valence-corrected chi connectivity index (χ4v) is 3.74. The highest BCUT2D eigenvalue weighted by molar-refractivity contribution is 7.20. The molecule has 2 heterocycles. The molecule has 0 bridgehead atoms. The average Bonchev–Trinajstić information content (AvgIpc) is 3.15. The molecule has 7 heteroatoms. The maximum Gasteiger partial charge on any atom is 0.270 e. The largest absolute Gasteiger partial charge is 0.359 e. The number of amides is 1. The van der Waals surface area contributed by atoms with Gasteiger partial charge in [0, 0.05) is 44.5 Å². The summed E-state index contributed by atoms with van der Waals surface area (Å²) in [6, 6.07) is 14.0. The summed E-state index contributed by atoms with van der Waals surface area (Å²) < 4.78 is 0.840. The minimum atomic E-state index is -0.440. The summed E-state index contributed by atoms with van der Waals surface area (Å²) >= 11 is 1.31. The van der Waals surface area contributed by atoms with Crippen molar-refractivity contribution in [3.8, 4) is 0 Å². The highest BCUT2D eigenvalue weighted by Crippen LogP contribution is 2.29. The van der Waals surface area contributed by atoms with Crippen molar-refractivity contribution >= 4 is 49.6 Å². The summed E-state index contributed by atoms with van der Waals surface area (Å²) in [5.41, 5.74) is 2.81. The molecule has 0 aliphatic rings. The number of aromatic nitrogens is 1. The number of carbonyl (C=O) groups is 1. The molecule has 4 aromatic rings. The van der Waals surface area contributed by atoms with Crippen molar-refractivity contribution in [3.05, 3.63) is 69.2 Å². The molecule has 0 fully saturated rings. The normalized spacial score (nSPS) is 11.1. The molecule has 124 valence electrons. The van der Waals surface area contributed by atoms with Gasteiger partial charge in [-0.15, -0.1) is 11.3 Å². The van der Waals surface area contributed by atoms with Crippen LogP contribution in [-0.2, 0) is 0 Å². The Labute approximate surface area is 146 Å². The summed E-state index contributed by atoms with van der Waals surface area (Å²) in [5.74, 6) is -0.226. The molecule has 0 atom stereocenters. The van der Waals surface area contributed by atoms with E-state index in [0.717, 1.165) is 21.3 Å². The second-order valence-electron chi connectivity index (χ2n) is 5.80. The second-order valence-corrected chi connectivity index (χ2v) is 6.88. The summed E-state index contributed by atoms with van der Waals surface area (Å²) in [7, 11) is 0. The maximum atomic E-state index is 12.5. The molecule has 4 rings (SSSR count). The number of nitrogens with one attached hydrogen (secondary N) is 2. The molecule has 0 saturated carbocycles. The van der Waals surface area contributed by atoms with E-state index in [9.17, 15) is 14.9 Å². The van der Waals surface area contributed by atoms with Gasteiger partial charge in [0.1, 0.15) is 0 Å². The number of fused-ring (bicyclic) bond motifs is 2. The van der Waals surface area contributed by atoms with Crippen LogP contribution in [0, 0.1) is 17.0 Å². The SMILES string of the molecule is Cc1cc2cc(NC(=O)c3cc4cc([N+](=O)[O-])ccc4s3)ccc2[nH]1. The summed E-state index contributed by atoms with van der Waals surface area (Å²) in [4.78, 5) is 26.7. The first-order chi connectivity index (χ1) is 12.0. The number of anilines is 1. The number of nitrogens with zero attached hydrogens (tertiary/aromatic N) is 1. The lowest BCUT2D eigenvalue weighted by Gasteiger charge is -2.03. The summed E-state index contributed by atoms with van der Waals surface area (Å²) in [5, 5.41) is 15.5. The van der Waals surface area contributed by atoms with Crippen LogP contribution in [0.3, 0.4) is 0 Å². The van der Waals surface area contributed by atoms with Crippen molar-refractivity contribution in [2.75, 3.05) is 5.32 Å². The van der Waals surface area contributed by atoms with E-state index in [0.29, 0.717) is 16.0 Å². The molecule has 1 amide bonds. The molecule has 2 N–H and O–H groups in total. The molecule has 0 radical (unpaired) electrons. The van der Waals surface area contributed by atoms with Crippen LogP contribution in [0.1, 0.15) is 15.4 Å². The summed E-state index contributed by atoms with van der Waals surface area (Å²) in [6.07, 6.45) is 0. The second kappa shape index (κ2) is 5.71. The third kappa shape index (κ3) is 2.85. The Morgan fingerprint density at radius 3 is 2.76 bits per heavy atom. The third-order valence-electron chi connectivity index (χ3n) is 3.95. The highest BCUT2D eigenvalue weighted by atomic mass is 32.1. The molecule has 25 heavy (non-hydrogen) atoms. The Bertz CT molecular complexity index is 1140. The number of benzene rings is 2. The number of carbonyl (C=O) groups excluding carboxylic acids is 1. The number of hydrogen-bond donors (Lipinski definition) is 2. The van der Waals surface area contributed by atoms with Crippen molar-refractivity contribution in [2.45, 2.75) is 6.92 Å². The van der Waals surface area contributed by atoms with Crippen LogP contribution < -0.4 is 5.32 Å². The van der Waals surface area contributed by atoms with Gasteiger partial charge in [-0.05, 0) is 43.3 Å². The molecule has 0 aliphatic heterocycles. The third-order valence-corrected chi connectivity index (χ3v) is 5.06. The van der Waals surface area contributed by atoms with Crippen LogP contribution in [0.4, 0.5) is 11.4 Å². The van der Waals surface area contributed by atoms with Gasteiger partial charge in [0.05, 0.1) is 9.80 Å². The Kier molecular flexibility index (Phi) is 3.51. The predicted octanol–water partition coefficient (Wildman–Crippen LogP) is 4.85. The number of nitro benzene ring substituents is 1. The van der Waals surface area contributed by atoms with Gasteiger partial charge in [-0.2, -0.15) is 0 Å². The fraction of sp³-hybridized carbons (Fsp3) is 0.0556. The van der Waals surface area contributed by atoms with Crippen molar-refractivity contribution < 1.29 is 9.72 Å². The van der Waals surface area contributed by atoms with Gasteiger partial charge < -0.3 is 10.3 Å². The number of aryl methyl sites for hydroxylation is 1. The van der Waals surface area contributed by atoms with Gasteiger partial charge in [0.2, 0.25) is 0 Å². The van der Waals surface area contributed by atoms with E-state index in [1.807, 2.05) is 31.2 Å². The number of rotatable bonds is 3. The van der Waals surface area contributed by atoms with Gasteiger partial charge in [-0.1, -0.05) is 0 Å². The molecular formula is C18H13N3O3S. The van der Waals surface area contributed by atoms with E-state index in [4.69, 9.17) is 0 Å². The molecule has 6 nitrogen and oxygen atoms in total. The van der Waals surface area contributed by atoms with Crippen LogP contribution >= 0.6 is 11.3 Å². The van der Waals surface area contributed by atoms with Crippen LogP contribution in [0.2, 0.25) is 0 Å². The summed E-state index contributed by atoms with van der Waals surface area (Å²) in [6.45, 7) is 1.98. The number of thiophene rings is 1. The Morgan fingerprint density at radius 1 is 1.12 bits per heavy atom. The lowest BCUT2D eigenvalue weighted by molar-refractivity contribution is -0.384. The lowest BCUT2D eigenvalue weighted by Crippen LogP contribution is -2.09. The first-order valence-corrected chi connectivity index (χ1v) is 8.40. The number of aromatic amines is 1. The lowest BCUT2D eigenvalue weighted by atomic mass is 10.2. The molecule has 0 saturated heterocycles. The zero-order chi connectivity index (χ0) is 17.6. The molecular weight excluding hydrogens is 338 g/mol. The monoisotopic (exact) mass is 351 g/mol. The minimum Gasteiger partial charge on any atom is -0.359 e. The van der Waals surface area contributed by atoms with E-state index in [-0.39, 0.29) is 11.6 Å². The zero-order valence-electron chi connectivity index (χ0n) is 13.2. The molecule has 0 aliphatic carbocycles. The van der Waals surface area contributed by atoms with Crippen LogP contribution in [0.5, 0.6) is 0 Å². The van der Waals surface area contributed by atoms with E-state index in [1.165, 1.54) is 23.5 Å². The molecule has 0 unspecified atom stereocenters. The fourth-order valence-electron chi connectivity index (χ4n) is 2.80. The molecule has 2 aromatic carbocycles. The van der Waals surface area contributed by atoms with Crippen LogP contribution in [0.15, 0.2) is 48.5 Å². The van der Waals surface area contributed by atoms with Crippen molar-refractivity contribution in [1.29, 1.82) is 0 Å². The molecule has 2 aromatic heterocycles. The van der Waals surface area contributed by atoms with Gasteiger partial charge in [-0.3, -0.25) is 14.9 Å². The minimum absolute atomic E-state index is 0.0190. The first kappa shape index (κ1) is 15.3. The Balaban J connectivity index is 1.63. The topological polar surface area (TPSA) is 88.0 Å². The standard InChI is InChI=1S/C18H13N3O3S/c1-10-6-11-7-13(2-4-15(11)19-10)20-18(22)17-9-12-8-14(21(23)24)3-5-16(12)25-17/h2-9,19H,1H3,(H,20,22). The van der Waals surface area contributed by atoms with Crippen LogP contribution in [-0.4, -0.2) is 15.8 Å². The van der Waals surface area contributed by atoms with Gasteiger partial charge >= 0.3 is 0 Å². The quantitative estimate of drug-likeness (QED) is 0.408. The van der Waals surface area contributed by atoms with E-state index < -0.39 is 4.92 Å². The number of nitro groups is 1. The van der Waals surface area contributed by atoms with Gasteiger partial charge in [0.15, 0.2) is 0 Å². The smallest absolute Gasteiger partial charge is 0.270 e. The highest BCUT2D eigenvalue weighted by Gasteiger charge is 2.14. The Morgan fingerprint density at radius 2 is 1.96 bits per heavy atom. The zero-order valence-corrected chi connectivity index (χ0v) is 14.0. The van der Waals surface area contributed by atoms with Gasteiger partial charge in [0.25, 0.3) is 11.6 Å². The predicted molar refractivity (Wildman–Crippen MR) is 99.5 cm³/mol. The van der Waals surface area contributed by atoms with Gasteiger partial charge in [-0.25, -0.2) is 0 Å². The number of H-pyrrole nitrogens is 1. The number of hydrogen-bond acceptors (Lipinski definition) is 4. The first-order valence-electron chi connectivity index (χ1n) is 7.58. The van der Waals surface area contributed by atoms with Crippen molar-refractivity contribution in [2.24, 2.45) is 0 Å². The van der Waals surface area contributed by atoms with Crippen molar-refractivity contribution in [1.82, 2.24) is 4.98 Å². The van der Waals surface area contributed by atoms with E-state index in [2.05, 4.69) is 10.3 Å².